The number of carbonyl (C=O) groups excluding carboxylic acids is 1. The monoisotopic (exact) mass is 345 g/mol. The van der Waals surface area contributed by atoms with Crippen LogP contribution >= 0.6 is 11.3 Å². The lowest BCUT2D eigenvalue weighted by atomic mass is 9.87. The van der Waals surface area contributed by atoms with Crippen LogP contribution < -0.4 is 0 Å². The molecular weight excluding hydrogens is 322 g/mol. The van der Waals surface area contributed by atoms with Crippen LogP contribution in [0.2, 0.25) is 0 Å². The maximum Gasteiger partial charge on any atom is 0.292 e. The van der Waals surface area contributed by atoms with Crippen LogP contribution in [0.5, 0.6) is 0 Å². The first-order valence-electron chi connectivity index (χ1n) is 8.96. The predicted molar refractivity (Wildman–Crippen MR) is 92.3 cm³/mol. The van der Waals surface area contributed by atoms with Crippen molar-refractivity contribution in [2.24, 2.45) is 0 Å². The molecule has 1 aliphatic carbocycles. The Bertz CT molecular complexity index is 676. The maximum atomic E-state index is 12.8. The second-order valence-electron chi connectivity index (χ2n) is 6.91. The third-order valence-electron chi connectivity index (χ3n) is 5.27. The maximum absolute atomic E-state index is 12.8. The molecule has 4 rings (SSSR count). The summed E-state index contributed by atoms with van der Waals surface area (Å²) in [4.78, 5) is 19.1. The molecule has 24 heavy (non-hydrogen) atoms. The summed E-state index contributed by atoms with van der Waals surface area (Å²) in [5.74, 6) is 1.19. The number of amides is 1. The first-order chi connectivity index (χ1) is 11.8. The van der Waals surface area contributed by atoms with Crippen LogP contribution in [0, 0.1) is 0 Å². The molecule has 0 spiro atoms. The number of carbonyl (C=O) groups is 1. The first kappa shape index (κ1) is 15.8. The van der Waals surface area contributed by atoms with Gasteiger partial charge in [0.05, 0.1) is 10.7 Å². The lowest BCUT2D eigenvalue weighted by Crippen LogP contribution is -2.38. The van der Waals surface area contributed by atoms with Gasteiger partial charge in [-0.1, -0.05) is 24.4 Å². The summed E-state index contributed by atoms with van der Waals surface area (Å²) in [5.41, 5.74) is 0.964. The Labute approximate surface area is 146 Å². The fourth-order valence-electron chi connectivity index (χ4n) is 3.94. The molecule has 0 aromatic carbocycles. The molecule has 0 bridgehead atoms. The van der Waals surface area contributed by atoms with Gasteiger partial charge >= 0.3 is 0 Å². The highest BCUT2D eigenvalue weighted by molar-refractivity contribution is 7.09. The summed E-state index contributed by atoms with van der Waals surface area (Å²) in [5, 5.41) is 7.33. The fourth-order valence-corrected chi connectivity index (χ4v) is 4.70. The molecule has 2 fully saturated rings. The van der Waals surface area contributed by atoms with E-state index < -0.39 is 0 Å². The van der Waals surface area contributed by atoms with Gasteiger partial charge in [0.2, 0.25) is 5.76 Å². The fraction of sp³-hybridized carbons (Fsp3) is 0.611. The second-order valence-corrected chi connectivity index (χ2v) is 7.84. The molecule has 0 radical (unpaired) electrons. The van der Waals surface area contributed by atoms with E-state index in [9.17, 15) is 4.79 Å². The quantitative estimate of drug-likeness (QED) is 0.836. The number of rotatable bonds is 3. The van der Waals surface area contributed by atoms with E-state index in [-0.39, 0.29) is 5.91 Å². The van der Waals surface area contributed by atoms with E-state index in [0.717, 1.165) is 49.5 Å². The molecule has 5 nitrogen and oxygen atoms in total. The van der Waals surface area contributed by atoms with Gasteiger partial charge in [-0.15, -0.1) is 11.3 Å². The van der Waals surface area contributed by atoms with E-state index in [1.165, 1.54) is 19.3 Å². The van der Waals surface area contributed by atoms with Crippen LogP contribution in [-0.4, -0.2) is 34.0 Å². The average molecular weight is 345 g/mol. The number of nitrogens with zero attached hydrogens (tertiary/aromatic N) is 3. The lowest BCUT2D eigenvalue weighted by molar-refractivity contribution is 0.0665. The zero-order valence-corrected chi connectivity index (χ0v) is 14.6. The molecule has 3 heterocycles. The van der Waals surface area contributed by atoms with Crippen molar-refractivity contribution in [3.63, 3.8) is 0 Å². The van der Waals surface area contributed by atoms with Crippen molar-refractivity contribution in [1.82, 2.24) is 15.0 Å². The van der Waals surface area contributed by atoms with Crippen molar-refractivity contribution in [1.29, 1.82) is 0 Å². The Balaban J connectivity index is 1.44. The Morgan fingerprint density at radius 3 is 2.79 bits per heavy atom. The zero-order valence-electron chi connectivity index (χ0n) is 13.8. The summed E-state index contributed by atoms with van der Waals surface area (Å²) in [7, 11) is 0. The minimum Gasteiger partial charge on any atom is -0.351 e. The molecule has 1 unspecified atom stereocenters. The van der Waals surface area contributed by atoms with Gasteiger partial charge in [0.15, 0.2) is 0 Å². The van der Waals surface area contributed by atoms with Gasteiger partial charge in [-0.25, -0.2) is 4.98 Å². The Morgan fingerprint density at radius 2 is 2.00 bits per heavy atom. The van der Waals surface area contributed by atoms with Gasteiger partial charge in [-0.05, 0) is 25.7 Å². The second kappa shape index (κ2) is 7.05. The van der Waals surface area contributed by atoms with E-state index in [0.29, 0.717) is 17.6 Å². The van der Waals surface area contributed by atoms with Gasteiger partial charge in [0.1, 0.15) is 0 Å². The van der Waals surface area contributed by atoms with Crippen LogP contribution in [0.1, 0.15) is 78.0 Å². The minimum atomic E-state index is -0.0224. The molecule has 1 saturated carbocycles. The van der Waals surface area contributed by atoms with Gasteiger partial charge in [-0.2, -0.15) is 0 Å². The topological polar surface area (TPSA) is 59.2 Å². The number of hydrogen-bond acceptors (Lipinski definition) is 5. The summed E-state index contributed by atoms with van der Waals surface area (Å²) >= 11 is 1.68. The summed E-state index contributed by atoms with van der Waals surface area (Å²) < 4.78 is 5.40. The third kappa shape index (κ3) is 3.24. The number of thiazole rings is 1. The average Bonchev–Trinajstić information content (AvgIpc) is 3.34. The van der Waals surface area contributed by atoms with E-state index in [1.807, 2.05) is 22.5 Å². The molecule has 1 atom stereocenters. The zero-order chi connectivity index (χ0) is 16.4. The van der Waals surface area contributed by atoms with E-state index in [4.69, 9.17) is 4.52 Å². The largest absolute Gasteiger partial charge is 0.351 e. The molecule has 2 aromatic heterocycles. The van der Waals surface area contributed by atoms with E-state index >= 15 is 0 Å². The molecule has 0 N–H and O–H groups in total. The predicted octanol–water partition coefficient (Wildman–Crippen LogP) is 4.20. The number of aromatic nitrogens is 2. The Hall–Kier alpha value is -1.69. The highest BCUT2D eigenvalue weighted by atomic mass is 32.1. The SMILES string of the molecule is O=C(c1cc(C2CCCCC2)no1)N1CCCC(c2nccs2)C1. The van der Waals surface area contributed by atoms with Crippen molar-refractivity contribution < 1.29 is 9.32 Å². The number of likely N-dealkylation sites (tertiary alicyclic amines) is 1. The third-order valence-corrected chi connectivity index (χ3v) is 6.21. The van der Waals surface area contributed by atoms with Crippen molar-refractivity contribution in [3.05, 3.63) is 34.1 Å². The molecular formula is C18H23N3O2S. The van der Waals surface area contributed by atoms with Gasteiger partial charge in [0, 0.05) is 42.6 Å². The van der Waals surface area contributed by atoms with Gasteiger partial charge < -0.3 is 9.42 Å². The molecule has 2 aromatic rings. The van der Waals surface area contributed by atoms with Crippen LogP contribution in [0.15, 0.2) is 22.2 Å². The van der Waals surface area contributed by atoms with Gasteiger partial charge in [-0.3, -0.25) is 4.79 Å². The Morgan fingerprint density at radius 1 is 1.17 bits per heavy atom. The molecule has 2 aliphatic rings. The minimum absolute atomic E-state index is 0.0224. The molecule has 1 aliphatic heterocycles. The number of hydrogen-bond donors (Lipinski definition) is 0. The van der Waals surface area contributed by atoms with Crippen molar-refractivity contribution in [2.75, 3.05) is 13.1 Å². The van der Waals surface area contributed by atoms with E-state index in [2.05, 4.69) is 10.1 Å². The molecule has 6 heteroatoms. The van der Waals surface area contributed by atoms with Crippen molar-refractivity contribution >= 4 is 17.2 Å². The molecule has 128 valence electrons. The van der Waals surface area contributed by atoms with Crippen LogP contribution in [-0.2, 0) is 0 Å². The summed E-state index contributed by atoms with van der Waals surface area (Å²) in [6.45, 7) is 1.52. The van der Waals surface area contributed by atoms with Crippen LogP contribution in [0.3, 0.4) is 0 Å². The standard InChI is InChI=1S/C18H23N3O2S/c22-18(16-11-15(20-23-16)13-5-2-1-3-6-13)21-9-4-7-14(12-21)17-19-8-10-24-17/h8,10-11,13-14H,1-7,9,12H2. The first-order valence-corrected chi connectivity index (χ1v) is 9.84. The van der Waals surface area contributed by atoms with Gasteiger partial charge in [0.25, 0.3) is 5.91 Å². The summed E-state index contributed by atoms with van der Waals surface area (Å²) in [6.07, 6.45) is 10.1. The van der Waals surface area contributed by atoms with Crippen molar-refractivity contribution in [2.45, 2.75) is 56.8 Å². The Kier molecular flexibility index (Phi) is 4.65. The number of piperidine rings is 1. The van der Waals surface area contributed by atoms with Crippen molar-refractivity contribution in [3.8, 4) is 0 Å². The molecule has 1 amide bonds. The molecule has 1 saturated heterocycles. The normalized spacial score (nSPS) is 22.7. The van der Waals surface area contributed by atoms with E-state index in [1.54, 1.807) is 11.3 Å². The summed E-state index contributed by atoms with van der Waals surface area (Å²) in [6, 6.07) is 1.88. The lowest BCUT2D eigenvalue weighted by Gasteiger charge is -2.31. The smallest absolute Gasteiger partial charge is 0.292 e. The highest BCUT2D eigenvalue weighted by Gasteiger charge is 2.29. The highest BCUT2D eigenvalue weighted by Crippen LogP contribution is 2.33. The van der Waals surface area contributed by atoms with Crippen LogP contribution in [0.4, 0.5) is 0 Å². The van der Waals surface area contributed by atoms with Crippen LogP contribution in [0.25, 0.3) is 0 Å².